The molecule has 0 bridgehead atoms. The van der Waals surface area contributed by atoms with Gasteiger partial charge in [-0.2, -0.15) is 0 Å². The molecule has 3 aromatic rings. The van der Waals surface area contributed by atoms with E-state index in [0.29, 0.717) is 38.6 Å². The summed E-state index contributed by atoms with van der Waals surface area (Å²) in [6.45, 7) is 1.78. The van der Waals surface area contributed by atoms with Crippen LogP contribution in [0.4, 0.5) is 11.4 Å². The Bertz CT molecular complexity index is 974. The zero-order valence-corrected chi connectivity index (χ0v) is 17.0. The van der Waals surface area contributed by atoms with Crippen LogP contribution in [0, 0.1) is 6.92 Å². The lowest BCUT2D eigenvalue weighted by Crippen LogP contribution is -2.17. The quantitative estimate of drug-likeness (QED) is 0.491. The Morgan fingerprint density at radius 1 is 1.26 bits per heavy atom. The van der Waals surface area contributed by atoms with Gasteiger partial charge in [0.15, 0.2) is 11.6 Å². The molecule has 0 radical (unpaired) electrons. The molecular formula is C19H19ClN4O2S. The van der Waals surface area contributed by atoms with E-state index in [-0.39, 0.29) is 5.91 Å². The Morgan fingerprint density at radius 3 is 2.63 bits per heavy atom. The van der Waals surface area contributed by atoms with Gasteiger partial charge in [0.1, 0.15) is 5.03 Å². The Morgan fingerprint density at radius 2 is 2.04 bits per heavy atom. The highest BCUT2D eigenvalue weighted by atomic mass is 35.5. The van der Waals surface area contributed by atoms with Crippen molar-refractivity contribution >= 4 is 40.6 Å². The average molecular weight is 403 g/mol. The van der Waals surface area contributed by atoms with Gasteiger partial charge in [-0.25, -0.2) is 9.97 Å². The van der Waals surface area contributed by atoms with Gasteiger partial charge >= 0.3 is 0 Å². The molecule has 6 nitrogen and oxygen atoms in total. The van der Waals surface area contributed by atoms with E-state index in [4.69, 9.17) is 16.0 Å². The largest absolute Gasteiger partial charge is 0.461 e. The van der Waals surface area contributed by atoms with E-state index in [1.165, 1.54) is 11.8 Å². The molecule has 3 rings (SSSR count). The summed E-state index contributed by atoms with van der Waals surface area (Å²) in [4.78, 5) is 23.7. The molecule has 1 aromatic carbocycles. The second-order valence-electron chi connectivity index (χ2n) is 6.01. The molecule has 0 fully saturated rings. The molecule has 27 heavy (non-hydrogen) atoms. The van der Waals surface area contributed by atoms with E-state index in [9.17, 15) is 4.79 Å². The molecular weight excluding hydrogens is 384 g/mol. The Labute approximate surface area is 167 Å². The molecule has 0 aliphatic rings. The van der Waals surface area contributed by atoms with Crippen LogP contribution in [0.5, 0.6) is 0 Å². The first-order valence-electron chi connectivity index (χ1n) is 8.15. The SMILES string of the molecule is CSc1nc(-c2ccco2)nc(C)c1C(=O)Nc1ccc(N(C)C)c(Cl)c1. The second kappa shape index (κ2) is 8.02. The van der Waals surface area contributed by atoms with Crippen LogP contribution in [-0.2, 0) is 0 Å². The zero-order chi connectivity index (χ0) is 19.6. The van der Waals surface area contributed by atoms with Crippen molar-refractivity contribution in [2.24, 2.45) is 0 Å². The highest BCUT2D eigenvalue weighted by Gasteiger charge is 2.20. The molecule has 0 aliphatic carbocycles. The maximum atomic E-state index is 12.9. The van der Waals surface area contributed by atoms with Crippen LogP contribution in [0.3, 0.4) is 0 Å². The first-order valence-corrected chi connectivity index (χ1v) is 9.75. The molecule has 1 N–H and O–H groups in total. The summed E-state index contributed by atoms with van der Waals surface area (Å²) in [5, 5.41) is 4.02. The smallest absolute Gasteiger partial charge is 0.260 e. The Hall–Kier alpha value is -2.51. The first-order chi connectivity index (χ1) is 12.9. The van der Waals surface area contributed by atoms with Crippen molar-refractivity contribution in [3.63, 3.8) is 0 Å². The minimum atomic E-state index is -0.281. The number of furan rings is 1. The highest BCUT2D eigenvalue weighted by molar-refractivity contribution is 7.98. The number of hydrogen-bond acceptors (Lipinski definition) is 6. The number of carbonyl (C=O) groups is 1. The summed E-state index contributed by atoms with van der Waals surface area (Å²) in [5.74, 6) is 0.736. The second-order valence-corrected chi connectivity index (χ2v) is 7.21. The van der Waals surface area contributed by atoms with Gasteiger partial charge in [0.2, 0.25) is 0 Å². The number of amides is 1. The highest BCUT2D eigenvalue weighted by Crippen LogP contribution is 2.29. The minimum Gasteiger partial charge on any atom is -0.461 e. The van der Waals surface area contributed by atoms with Crippen LogP contribution in [0.1, 0.15) is 16.1 Å². The predicted molar refractivity (Wildman–Crippen MR) is 110 cm³/mol. The van der Waals surface area contributed by atoms with Crippen molar-refractivity contribution in [1.82, 2.24) is 9.97 Å². The van der Waals surface area contributed by atoms with Gasteiger partial charge in [-0.05, 0) is 43.5 Å². The number of hydrogen-bond donors (Lipinski definition) is 1. The van der Waals surface area contributed by atoms with E-state index < -0.39 is 0 Å². The lowest BCUT2D eigenvalue weighted by Gasteiger charge is -2.16. The van der Waals surface area contributed by atoms with Gasteiger partial charge in [0.25, 0.3) is 5.91 Å². The lowest BCUT2D eigenvalue weighted by molar-refractivity contribution is 0.102. The third kappa shape index (κ3) is 4.09. The number of halogens is 1. The number of nitrogens with zero attached hydrogens (tertiary/aromatic N) is 3. The zero-order valence-electron chi connectivity index (χ0n) is 15.4. The Kier molecular flexibility index (Phi) is 5.72. The minimum absolute atomic E-state index is 0.281. The Balaban J connectivity index is 1.91. The molecule has 2 heterocycles. The average Bonchev–Trinajstić information content (AvgIpc) is 3.15. The number of anilines is 2. The monoisotopic (exact) mass is 402 g/mol. The van der Waals surface area contributed by atoms with Crippen molar-refractivity contribution in [3.05, 3.63) is 52.9 Å². The van der Waals surface area contributed by atoms with Crippen molar-refractivity contribution < 1.29 is 9.21 Å². The molecule has 8 heteroatoms. The van der Waals surface area contributed by atoms with Crippen LogP contribution in [0.2, 0.25) is 5.02 Å². The maximum Gasteiger partial charge on any atom is 0.260 e. The third-order valence-corrected chi connectivity index (χ3v) is 4.89. The van der Waals surface area contributed by atoms with Gasteiger partial charge in [-0.3, -0.25) is 4.79 Å². The summed E-state index contributed by atoms with van der Waals surface area (Å²) < 4.78 is 5.36. The van der Waals surface area contributed by atoms with Crippen LogP contribution < -0.4 is 10.2 Å². The summed E-state index contributed by atoms with van der Waals surface area (Å²) in [6.07, 6.45) is 3.43. The number of nitrogens with one attached hydrogen (secondary N) is 1. The van der Waals surface area contributed by atoms with E-state index in [2.05, 4.69) is 15.3 Å². The predicted octanol–water partition coefficient (Wildman–Crippen LogP) is 4.74. The van der Waals surface area contributed by atoms with Gasteiger partial charge in [0, 0.05) is 19.8 Å². The van der Waals surface area contributed by atoms with Crippen molar-refractivity contribution in [3.8, 4) is 11.6 Å². The van der Waals surface area contributed by atoms with Crippen molar-refractivity contribution in [2.45, 2.75) is 11.9 Å². The number of thioether (sulfide) groups is 1. The van der Waals surface area contributed by atoms with E-state index in [0.717, 1.165) is 5.69 Å². The topological polar surface area (TPSA) is 71.3 Å². The summed E-state index contributed by atoms with van der Waals surface area (Å²) in [6, 6.07) is 8.95. The number of carbonyl (C=O) groups excluding carboxylic acids is 1. The molecule has 0 saturated heterocycles. The van der Waals surface area contributed by atoms with Gasteiger partial charge < -0.3 is 14.6 Å². The van der Waals surface area contributed by atoms with E-state index in [1.54, 1.807) is 31.4 Å². The number of aryl methyl sites for hydroxylation is 1. The molecule has 1 amide bonds. The van der Waals surface area contributed by atoms with Gasteiger partial charge in [0.05, 0.1) is 28.2 Å². The molecule has 0 atom stereocenters. The molecule has 0 aliphatic heterocycles. The fraction of sp³-hybridized carbons (Fsp3) is 0.211. The van der Waals surface area contributed by atoms with Crippen molar-refractivity contribution in [2.75, 3.05) is 30.6 Å². The molecule has 0 saturated carbocycles. The van der Waals surface area contributed by atoms with Crippen molar-refractivity contribution in [1.29, 1.82) is 0 Å². The summed E-state index contributed by atoms with van der Waals surface area (Å²) >= 11 is 7.67. The lowest BCUT2D eigenvalue weighted by atomic mass is 10.2. The summed E-state index contributed by atoms with van der Waals surface area (Å²) in [5.41, 5.74) is 2.50. The molecule has 0 unspecified atom stereocenters. The number of aromatic nitrogens is 2. The van der Waals surface area contributed by atoms with Gasteiger partial charge in [-0.15, -0.1) is 11.8 Å². The standard InChI is InChI=1S/C19H19ClN4O2S/c1-11-16(19(27-4)23-17(21-11)15-6-5-9-26-15)18(25)22-12-7-8-14(24(2)3)13(20)10-12/h5-10H,1-4H3,(H,22,25). The van der Waals surface area contributed by atoms with Crippen LogP contribution in [0.15, 0.2) is 46.0 Å². The van der Waals surface area contributed by atoms with Gasteiger partial charge in [-0.1, -0.05) is 11.6 Å². The number of rotatable bonds is 5. The fourth-order valence-corrected chi connectivity index (χ4v) is 3.58. The fourth-order valence-electron chi connectivity index (χ4n) is 2.61. The van der Waals surface area contributed by atoms with Crippen LogP contribution >= 0.6 is 23.4 Å². The third-order valence-electron chi connectivity index (χ3n) is 3.91. The molecule has 0 spiro atoms. The first kappa shape index (κ1) is 19.3. The normalized spacial score (nSPS) is 10.7. The van der Waals surface area contributed by atoms with Crippen LogP contribution in [0.25, 0.3) is 11.6 Å². The van der Waals surface area contributed by atoms with E-state index >= 15 is 0 Å². The maximum absolute atomic E-state index is 12.9. The molecule has 140 valence electrons. The molecule has 2 aromatic heterocycles. The van der Waals surface area contributed by atoms with E-state index in [1.807, 2.05) is 37.4 Å². The summed E-state index contributed by atoms with van der Waals surface area (Å²) in [7, 11) is 3.82. The van der Waals surface area contributed by atoms with Crippen LogP contribution in [-0.4, -0.2) is 36.2 Å². The number of benzene rings is 1.